The van der Waals surface area contributed by atoms with Crippen LogP contribution in [-0.2, 0) is 11.3 Å². The SMILES string of the molecule is C[C@H](CC(=O)c1ccc2c(c1)N(Cc1ccc(Cl)cc1)C(=O)[C@@H](N)CS2)c1ccc(F)cc1.Cl. The molecule has 0 fully saturated rings. The molecule has 2 N–H and O–H groups in total. The van der Waals surface area contributed by atoms with E-state index in [1.807, 2.05) is 25.1 Å². The van der Waals surface area contributed by atoms with Gasteiger partial charge in [0, 0.05) is 27.7 Å². The van der Waals surface area contributed by atoms with Crippen molar-refractivity contribution in [3.05, 3.63) is 94.3 Å². The van der Waals surface area contributed by atoms with Crippen LogP contribution in [0.4, 0.5) is 10.1 Å². The lowest BCUT2D eigenvalue weighted by molar-refractivity contribution is -0.119. The van der Waals surface area contributed by atoms with Gasteiger partial charge in [-0.3, -0.25) is 9.59 Å². The molecular formula is C26H25Cl2FN2O2S. The van der Waals surface area contributed by atoms with Crippen LogP contribution in [0.25, 0.3) is 0 Å². The first-order valence-corrected chi connectivity index (χ1v) is 12.0. The largest absolute Gasteiger partial charge is 0.319 e. The van der Waals surface area contributed by atoms with Crippen LogP contribution in [0, 0.1) is 5.82 Å². The van der Waals surface area contributed by atoms with E-state index >= 15 is 0 Å². The molecule has 0 radical (unpaired) electrons. The van der Waals surface area contributed by atoms with Crippen molar-refractivity contribution in [2.45, 2.75) is 36.7 Å². The highest BCUT2D eigenvalue weighted by Gasteiger charge is 2.29. The van der Waals surface area contributed by atoms with E-state index < -0.39 is 6.04 Å². The number of hydrogen-bond acceptors (Lipinski definition) is 4. The first-order valence-electron chi connectivity index (χ1n) is 10.7. The van der Waals surface area contributed by atoms with Crippen LogP contribution in [0.5, 0.6) is 0 Å². The van der Waals surface area contributed by atoms with Gasteiger partial charge in [0.1, 0.15) is 5.82 Å². The predicted molar refractivity (Wildman–Crippen MR) is 139 cm³/mol. The molecule has 1 amide bonds. The summed E-state index contributed by atoms with van der Waals surface area (Å²) in [5.41, 5.74) is 9.18. The molecule has 4 rings (SSSR count). The molecule has 3 aromatic rings. The molecule has 3 aromatic carbocycles. The summed E-state index contributed by atoms with van der Waals surface area (Å²) in [5.74, 6) is -0.110. The number of halogens is 3. The highest BCUT2D eigenvalue weighted by molar-refractivity contribution is 7.99. The number of ketones is 1. The van der Waals surface area contributed by atoms with Gasteiger partial charge < -0.3 is 10.6 Å². The van der Waals surface area contributed by atoms with Crippen LogP contribution in [0.15, 0.2) is 71.6 Å². The molecule has 34 heavy (non-hydrogen) atoms. The molecule has 8 heteroatoms. The smallest absolute Gasteiger partial charge is 0.245 e. The number of fused-ring (bicyclic) bond motifs is 1. The van der Waals surface area contributed by atoms with Gasteiger partial charge in [-0.15, -0.1) is 24.2 Å². The number of amides is 1. The summed E-state index contributed by atoms with van der Waals surface area (Å²) in [6.07, 6.45) is 0.280. The minimum absolute atomic E-state index is 0. The summed E-state index contributed by atoms with van der Waals surface area (Å²) in [6.45, 7) is 2.28. The third kappa shape index (κ3) is 5.99. The van der Waals surface area contributed by atoms with E-state index in [1.165, 1.54) is 23.9 Å². The van der Waals surface area contributed by atoms with Crippen LogP contribution < -0.4 is 10.6 Å². The lowest BCUT2D eigenvalue weighted by Crippen LogP contribution is -2.44. The molecule has 0 saturated heterocycles. The lowest BCUT2D eigenvalue weighted by Gasteiger charge is -2.25. The van der Waals surface area contributed by atoms with Crippen molar-refractivity contribution in [3.63, 3.8) is 0 Å². The van der Waals surface area contributed by atoms with E-state index in [0.717, 1.165) is 16.0 Å². The molecule has 0 spiro atoms. The molecule has 0 aromatic heterocycles. The maximum absolute atomic E-state index is 13.2. The Kier molecular flexibility index (Phi) is 8.77. The number of carbonyl (C=O) groups is 2. The Labute approximate surface area is 214 Å². The van der Waals surface area contributed by atoms with Crippen molar-refractivity contribution < 1.29 is 14.0 Å². The zero-order valence-corrected chi connectivity index (χ0v) is 20.9. The topological polar surface area (TPSA) is 63.4 Å². The summed E-state index contributed by atoms with van der Waals surface area (Å²) in [6, 6.07) is 18.4. The zero-order chi connectivity index (χ0) is 23.5. The Morgan fingerprint density at radius 1 is 1.15 bits per heavy atom. The predicted octanol–water partition coefficient (Wildman–Crippen LogP) is 6.24. The number of nitrogens with zero attached hydrogens (tertiary/aromatic N) is 1. The van der Waals surface area contributed by atoms with Gasteiger partial charge in [-0.1, -0.05) is 48.9 Å². The Balaban J connectivity index is 0.00000324. The Bertz CT molecular complexity index is 1170. The highest BCUT2D eigenvalue weighted by Crippen LogP contribution is 2.36. The van der Waals surface area contributed by atoms with E-state index in [2.05, 4.69) is 0 Å². The summed E-state index contributed by atoms with van der Waals surface area (Å²) >= 11 is 7.52. The fourth-order valence-electron chi connectivity index (χ4n) is 3.83. The number of thioether (sulfide) groups is 1. The van der Waals surface area contributed by atoms with E-state index in [9.17, 15) is 14.0 Å². The third-order valence-electron chi connectivity index (χ3n) is 5.76. The van der Waals surface area contributed by atoms with Gasteiger partial charge in [0.05, 0.1) is 18.3 Å². The molecule has 1 aliphatic heterocycles. The molecule has 1 aliphatic rings. The van der Waals surface area contributed by atoms with Crippen molar-refractivity contribution in [1.82, 2.24) is 0 Å². The van der Waals surface area contributed by atoms with Crippen molar-refractivity contribution >= 4 is 53.1 Å². The van der Waals surface area contributed by atoms with E-state index in [0.29, 0.717) is 28.6 Å². The number of Topliss-reactive ketones (excluding diaryl/α,β-unsaturated/α-hetero) is 1. The number of hydrogen-bond donors (Lipinski definition) is 1. The Hall–Kier alpha value is -2.38. The molecule has 0 bridgehead atoms. The van der Waals surface area contributed by atoms with E-state index in [1.54, 1.807) is 41.3 Å². The average molecular weight is 519 g/mol. The van der Waals surface area contributed by atoms with E-state index in [4.69, 9.17) is 17.3 Å². The minimum Gasteiger partial charge on any atom is -0.319 e. The number of rotatable bonds is 6. The summed E-state index contributed by atoms with van der Waals surface area (Å²) in [4.78, 5) is 28.8. The molecule has 178 valence electrons. The fourth-order valence-corrected chi connectivity index (χ4v) is 4.94. The van der Waals surface area contributed by atoms with Crippen LogP contribution in [0.1, 0.15) is 40.7 Å². The van der Waals surface area contributed by atoms with Crippen LogP contribution >= 0.6 is 35.8 Å². The van der Waals surface area contributed by atoms with Crippen LogP contribution in [-0.4, -0.2) is 23.5 Å². The zero-order valence-electron chi connectivity index (χ0n) is 18.5. The maximum atomic E-state index is 13.2. The second-order valence-corrected chi connectivity index (χ2v) is 9.73. The van der Waals surface area contributed by atoms with Gasteiger partial charge in [-0.2, -0.15) is 0 Å². The summed E-state index contributed by atoms with van der Waals surface area (Å²) in [5, 5.41) is 0.622. The molecule has 0 aliphatic carbocycles. The van der Waals surface area contributed by atoms with Crippen molar-refractivity contribution in [2.24, 2.45) is 5.73 Å². The molecule has 0 saturated carbocycles. The molecule has 1 heterocycles. The van der Waals surface area contributed by atoms with Gasteiger partial charge in [0.15, 0.2) is 5.78 Å². The number of anilines is 1. The quantitative estimate of drug-likeness (QED) is 0.392. The van der Waals surface area contributed by atoms with E-state index in [-0.39, 0.29) is 42.3 Å². The maximum Gasteiger partial charge on any atom is 0.245 e. The molecule has 4 nitrogen and oxygen atoms in total. The van der Waals surface area contributed by atoms with Gasteiger partial charge >= 0.3 is 0 Å². The fraction of sp³-hybridized carbons (Fsp3) is 0.231. The Morgan fingerprint density at radius 2 is 1.82 bits per heavy atom. The van der Waals surface area contributed by atoms with Gasteiger partial charge in [-0.05, 0) is 53.4 Å². The van der Waals surface area contributed by atoms with Crippen molar-refractivity contribution in [2.75, 3.05) is 10.7 Å². The van der Waals surface area contributed by atoms with Gasteiger partial charge in [0.25, 0.3) is 0 Å². The molecule has 0 unspecified atom stereocenters. The second kappa shape index (κ2) is 11.4. The summed E-state index contributed by atoms with van der Waals surface area (Å²) in [7, 11) is 0. The lowest BCUT2D eigenvalue weighted by atomic mass is 9.93. The highest BCUT2D eigenvalue weighted by atomic mass is 35.5. The number of nitrogens with two attached hydrogens (primary N) is 1. The standard InChI is InChI=1S/C26H24ClFN2O2S.ClH/c1-16(18-4-9-21(28)10-5-18)12-24(31)19-6-11-25-23(13-19)30(26(32)22(29)15-33-25)14-17-2-7-20(27)8-3-17;/h2-11,13,16,22H,12,14-15,29H2,1H3;1H/t16-,22+;/m1./s1. The van der Waals surface area contributed by atoms with Gasteiger partial charge in [-0.25, -0.2) is 4.39 Å². The second-order valence-electron chi connectivity index (χ2n) is 8.23. The first kappa shape index (κ1) is 26.2. The first-order chi connectivity index (χ1) is 15.8. The van der Waals surface area contributed by atoms with Crippen LogP contribution in [0.3, 0.4) is 0 Å². The number of benzene rings is 3. The third-order valence-corrected chi connectivity index (χ3v) is 7.19. The average Bonchev–Trinajstić information content (AvgIpc) is 2.92. The normalized spacial score (nSPS) is 16.3. The molecule has 2 atom stereocenters. The summed E-state index contributed by atoms with van der Waals surface area (Å²) < 4.78 is 13.2. The van der Waals surface area contributed by atoms with Crippen molar-refractivity contribution in [1.29, 1.82) is 0 Å². The number of carbonyl (C=O) groups excluding carboxylic acids is 2. The Morgan fingerprint density at radius 3 is 2.50 bits per heavy atom. The monoisotopic (exact) mass is 518 g/mol. The molecular weight excluding hydrogens is 494 g/mol. The van der Waals surface area contributed by atoms with Crippen molar-refractivity contribution in [3.8, 4) is 0 Å². The minimum atomic E-state index is -0.632. The van der Waals surface area contributed by atoms with Crippen LogP contribution in [0.2, 0.25) is 5.02 Å². The van der Waals surface area contributed by atoms with Gasteiger partial charge in [0.2, 0.25) is 5.91 Å².